The smallest absolute Gasteiger partial charge is 0.451 e. The number of nitrogens with two attached hydrogens (primary N) is 1. The normalized spacial score (nSPS) is 19.9. The van der Waals surface area contributed by atoms with Crippen molar-refractivity contribution in [1.29, 1.82) is 0 Å². The lowest BCUT2D eigenvalue weighted by molar-refractivity contribution is -0.146. The minimum Gasteiger partial charge on any atom is -0.481 e. The Labute approximate surface area is 160 Å². The molecule has 1 rings (SSSR count). The van der Waals surface area contributed by atoms with Crippen LogP contribution >= 0.6 is 24.8 Å². The molecule has 1 aliphatic heterocycles. The van der Waals surface area contributed by atoms with Crippen LogP contribution in [0.15, 0.2) is 0 Å². The van der Waals surface area contributed by atoms with Crippen molar-refractivity contribution < 1.29 is 29.9 Å². The maximum Gasteiger partial charge on any atom is 0.451 e. The summed E-state index contributed by atoms with van der Waals surface area (Å²) in [7, 11) is -1.38. The molecule has 25 heavy (non-hydrogen) atoms. The van der Waals surface area contributed by atoms with E-state index in [0.29, 0.717) is 32.4 Å². The van der Waals surface area contributed by atoms with Crippen molar-refractivity contribution in [3.05, 3.63) is 0 Å². The van der Waals surface area contributed by atoms with Gasteiger partial charge in [-0.15, -0.1) is 24.8 Å². The number of hydrogen-bond donors (Lipinski definition) is 5. The van der Waals surface area contributed by atoms with Gasteiger partial charge in [0.05, 0.1) is 5.92 Å². The zero-order valence-electron chi connectivity index (χ0n) is 14.2. The van der Waals surface area contributed by atoms with Crippen LogP contribution in [-0.4, -0.2) is 69.4 Å². The predicted octanol–water partition coefficient (Wildman–Crippen LogP) is 0.442. The molecule has 0 saturated carbocycles. The van der Waals surface area contributed by atoms with Gasteiger partial charge in [0.25, 0.3) is 0 Å². The van der Waals surface area contributed by atoms with E-state index in [-0.39, 0.29) is 44.0 Å². The van der Waals surface area contributed by atoms with Gasteiger partial charge in [-0.3, -0.25) is 9.59 Å². The average Bonchev–Trinajstić information content (AvgIpc) is 2.49. The van der Waals surface area contributed by atoms with Gasteiger partial charge in [0.1, 0.15) is 5.54 Å². The molecule has 0 radical (unpaired) electrons. The first-order chi connectivity index (χ1) is 10.7. The van der Waals surface area contributed by atoms with Gasteiger partial charge < -0.3 is 30.9 Å². The summed E-state index contributed by atoms with van der Waals surface area (Å²) in [5.41, 5.74) is 4.64. The predicted molar refractivity (Wildman–Crippen MR) is 99.3 cm³/mol. The number of carboxylic acids is 2. The van der Waals surface area contributed by atoms with Crippen LogP contribution in [0.5, 0.6) is 0 Å². The average molecular weight is 403 g/mol. The minimum absolute atomic E-state index is 0. The van der Waals surface area contributed by atoms with Gasteiger partial charge in [-0.05, 0) is 38.5 Å². The highest BCUT2D eigenvalue weighted by Gasteiger charge is 2.34. The van der Waals surface area contributed by atoms with E-state index < -0.39 is 30.5 Å². The lowest BCUT2D eigenvalue weighted by atomic mass is 9.81. The molecule has 2 atom stereocenters. The fourth-order valence-corrected chi connectivity index (χ4v) is 2.92. The highest BCUT2D eigenvalue weighted by Crippen LogP contribution is 2.21. The molecule has 1 heterocycles. The number of nitrogens with zero attached hydrogens (tertiary/aromatic N) is 1. The molecule has 0 aromatic heterocycles. The van der Waals surface area contributed by atoms with Crippen molar-refractivity contribution >= 4 is 43.9 Å². The first-order valence-corrected chi connectivity index (χ1v) is 8.08. The molecule has 11 heteroatoms. The van der Waals surface area contributed by atoms with E-state index in [1.807, 2.05) is 4.90 Å². The Morgan fingerprint density at radius 1 is 1.16 bits per heavy atom. The molecule has 148 valence electrons. The number of piperidine rings is 1. The highest BCUT2D eigenvalue weighted by atomic mass is 35.5. The maximum atomic E-state index is 11.5. The Balaban J connectivity index is 0. The molecular formula is C14H29BCl2N2O6. The number of hydrogen-bond acceptors (Lipinski definition) is 6. The lowest BCUT2D eigenvalue weighted by Gasteiger charge is -2.33. The highest BCUT2D eigenvalue weighted by molar-refractivity contribution is 6.40. The third-order valence-electron chi connectivity index (χ3n) is 4.49. The van der Waals surface area contributed by atoms with E-state index in [4.69, 9.17) is 20.9 Å². The van der Waals surface area contributed by atoms with Crippen LogP contribution in [0.25, 0.3) is 0 Å². The van der Waals surface area contributed by atoms with E-state index in [0.717, 1.165) is 13.0 Å². The quantitative estimate of drug-likeness (QED) is 0.261. The second-order valence-electron chi connectivity index (χ2n) is 6.42. The van der Waals surface area contributed by atoms with E-state index in [2.05, 4.69) is 0 Å². The molecule has 0 bridgehead atoms. The zero-order valence-corrected chi connectivity index (χ0v) is 15.8. The van der Waals surface area contributed by atoms with Crippen molar-refractivity contribution in [1.82, 2.24) is 4.90 Å². The summed E-state index contributed by atoms with van der Waals surface area (Å²) in [5, 5.41) is 36.0. The number of carboxylic acid groups (broad SMARTS) is 2. The van der Waals surface area contributed by atoms with Crippen molar-refractivity contribution in [3.8, 4) is 0 Å². The standard InChI is InChI=1S/C14H27BN2O6.2ClH/c16-14(13(20)21,5-1-2-7-15(22)23)6-9-17-8-3-4-11(10-17)12(18)19;;/h11,22-23H,1-10,16H2,(H,18,19)(H,20,21);2*1H/t11?,14-;;/m1../s1. The van der Waals surface area contributed by atoms with Gasteiger partial charge in [0.2, 0.25) is 0 Å². The van der Waals surface area contributed by atoms with Crippen LogP contribution < -0.4 is 5.73 Å². The summed E-state index contributed by atoms with van der Waals surface area (Å²) in [6.45, 7) is 1.65. The Morgan fingerprint density at radius 3 is 2.32 bits per heavy atom. The summed E-state index contributed by atoms with van der Waals surface area (Å²) in [6.07, 6.45) is 3.13. The van der Waals surface area contributed by atoms with Crippen LogP contribution in [0, 0.1) is 5.92 Å². The number of halogens is 2. The van der Waals surface area contributed by atoms with Crippen molar-refractivity contribution in [2.75, 3.05) is 19.6 Å². The Kier molecular flexibility index (Phi) is 13.6. The van der Waals surface area contributed by atoms with E-state index in [1.54, 1.807) is 0 Å². The number of aliphatic carboxylic acids is 2. The second-order valence-corrected chi connectivity index (χ2v) is 6.42. The van der Waals surface area contributed by atoms with Crippen molar-refractivity contribution in [2.45, 2.75) is 50.4 Å². The Hall–Kier alpha value is -0.575. The van der Waals surface area contributed by atoms with Gasteiger partial charge in [-0.1, -0.05) is 12.8 Å². The minimum atomic E-state index is -1.38. The van der Waals surface area contributed by atoms with E-state index in [9.17, 15) is 14.7 Å². The molecule has 1 aliphatic rings. The molecule has 0 amide bonds. The fourth-order valence-electron chi connectivity index (χ4n) is 2.92. The van der Waals surface area contributed by atoms with Gasteiger partial charge in [-0.25, -0.2) is 0 Å². The van der Waals surface area contributed by atoms with Crippen LogP contribution in [0.2, 0.25) is 6.32 Å². The largest absolute Gasteiger partial charge is 0.481 e. The van der Waals surface area contributed by atoms with Crippen molar-refractivity contribution in [2.24, 2.45) is 11.7 Å². The molecule has 0 spiro atoms. The Morgan fingerprint density at radius 2 is 1.80 bits per heavy atom. The maximum absolute atomic E-state index is 11.5. The second kappa shape index (κ2) is 12.7. The monoisotopic (exact) mass is 402 g/mol. The SMILES string of the molecule is Cl.Cl.N[C@](CCCCB(O)O)(CCN1CCCC(C(=O)O)C1)C(=O)O. The first-order valence-electron chi connectivity index (χ1n) is 8.08. The Bertz CT molecular complexity index is 419. The van der Waals surface area contributed by atoms with Gasteiger partial charge in [0.15, 0.2) is 0 Å². The lowest BCUT2D eigenvalue weighted by Crippen LogP contribution is -2.51. The van der Waals surface area contributed by atoms with E-state index in [1.165, 1.54) is 0 Å². The summed E-state index contributed by atoms with van der Waals surface area (Å²) in [4.78, 5) is 24.5. The third-order valence-corrected chi connectivity index (χ3v) is 4.49. The number of rotatable bonds is 10. The van der Waals surface area contributed by atoms with Crippen LogP contribution in [0.1, 0.15) is 38.5 Å². The molecular weight excluding hydrogens is 374 g/mol. The van der Waals surface area contributed by atoms with Crippen LogP contribution in [0.3, 0.4) is 0 Å². The molecule has 1 saturated heterocycles. The summed E-state index contributed by atoms with van der Waals surface area (Å²) in [6, 6.07) is 0. The van der Waals surface area contributed by atoms with Crippen LogP contribution in [0.4, 0.5) is 0 Å². The number of carbonyl (C=O) groups is 2. The van der Waals surface area contributed by atoms with Gasteiger partial charge in [-0.2, -0.15) is 0 Å². The van der Waals surface area contributed by atoms with Gasteiger partial charge in [0, 0.05) is 13.1 Å². The third kappa shape index (κ3) is 9.62. The molecule has 0 aliphatic carbocycles. The van der Waals surface area contributed by atoms with Gasteiger partial charge >= 0.3 is 19.1 Å². The molecule has 1 unspecified atom stereocenters. The zero-order chi connectivity index (χ0) is 17.5. The summed E-state index contributed by atoms with van der Waals surface area (Å²) < 4.78 is 0. The first kappa shape index (κ1) is 26.7. The van der Waals surface area contributed by atoms with Crippen LogP contribution in [-0.2, 0) is 9.59 Å². The van der Waals surface area contributed by atoms with E-state index >= 15 is 0 Å². The molecule has 0 aromatic carbocycles. The molecule has 0 aromatic rings. The number of unbranched alkanes of at least 4 members (excludes halogenated alkanes) is 1. The molecule has 6 N–H and O–H groups in total. The number of likely N-dealkylation sites (tertiary alicyclic amines) is 1. The summed E-state index contributed by atoms with van der Waals surface area (Å²) in [5.74, 6) is -2.28. The molecule has 1 fully saturated rings. The fraction of sp³-hybridized carbons (Fsp3) is 0.857. The topological polar surface area (TPSA) is 144 Å². The summed E-state index contributed by atoms with van der Waals surface area (Å²) >= 11 is 0. The van der Waals surface area contributed by atoms with Crippen molar-refractivity contribution in [3.63, 3.8) is 0 Å². The molecule has 8 nitrogen and oxygen atoms in total.